The van der Waals surface area contributed by atoms with E-state index in [2.05, 4.69) is 29.5 Å². The topological polar surface area (TPSA) is 63.3 Å². The van der Waals surface area contributed by atoms with Crippen molar-refractivity contribution < 1.29 is 9.21 Å². The molecule has 27 heavy (non-hydrogen) atoms. The van der Waals surface area contributed by atoms with Gasteiger partial charge in [-0.1, -0.05) is 17.7 Å². The van der Waals surface area contributed by atoms with Crippen molar-refractivity contribution in [2.24, 2.45) is 0 Å². The fourth-order valence-electron chi connectivity index (χ4n) is 3.08. The van der Waals surface area contributed by atoms with Gasteiger partial charge in [0.05, 0.1) is 35.9 Å². The molecule has 0 radical (unpaired) electrons. The van der Waals surface area contributed by atoms with Crippen molar-refractivity contribution in [3.8, 4) is 5.69 Å². The monoisotopic (exact) mass is 366 g/mol. The highest BCUT2D eigenvalue weighted by molar-refractivity contribution is 5.93. The quantitative estimate of drug-likeness (QED) is 0.721. The molecular formula is C21H26N4O2. The number of nitrogens with zero attached hydrogens (tertiary/aromatic N) is 3. The number of carbonyl (C=O) groups excluding carboxylic acids is 1. The number of aromatic nitrogens is 2. The number of hydrogen-bond donors (Lipinski definition) is 1. The molecule has 3 aromatic rings. The molecule has 142 valence electrons. The predicted molar refractivity (Wildman–Crippen MR) is 106 cm³/mol. The molecule has 1 N–H and O–H groups in total. The summed E-state index contributed by atoms with van der Waals surface area (Å²) in [4.78, 5) is 14.4. The summed E-state index contributed by atoms with van der Waals surface area (Å²) in [6, 6.07) is 12.0. The number of likely N-dealkylation sites (N-methyl/N-ethyl adjacent to an activating group) is 1. The van der Waals surface area contributed by atoms with Crippen LogP contribution < -0.4 is 5.32 Å². The molecule has 6 nitrogen and oxygen atoms in total. The summed E-state index contributed by atoms with van der Waals surface area (Å²) in [5.74, 6) is 1.65. The van der Waals surface area contributed by atoms with E-state index in [0.717, 1.165) is 34.3 Å². The van der Waals surface area contributed by atoms with E-state index < -0.39 is 0 Å². The van der Waals surface area contributed by atoms with Gasteiger partial charge >= 0.3 is 0 Å². The summed E-state index contributed by atoms with van der Waals surface area (Å²) in [5, 5.41) is 7.59. The highest BCUT2D eigenvalue weighted by Crippen LogP contribution is 2.23. The summed E-state index contributed by atoms with van der Waals surface area (Å²) in [7, 11) is 1.90. The Labute approximate surface area is 159 Å². The van der Waals surface area contributed by atoms with Crippen molar-refractivity contribution in [3.63, 3.8) is 0 Å². The van der Waals surface area contributed by atoms with E-state index in [1.54, 1.807) is 0 Å². The lowest BCUT2D eigenvalue weighted by Crippen LogP contribution is -2.30. The van der Waals surface area contributed by atoms with Crippen LogP contribution in [0.4, 0.5) is 5.69 Å². The Morgan fingerprint density at radius 2 is 1.81 bits per heavy atom. The standard InChI is InChI=1S/C21H26N4O2/c1-14-6-9-18(10-7-14)25-17(4)21(16(3)23-25)22-20(26)13-24(5)12-19-11-8-15(2)27-19/h6-11H,12-13H2,1-5H3,(H,22,26). The summed E-state index contributed by atoms with van der Waals surface area (Å²) in [5.41, 5.74) is 4.65. The average molecular weight is 366 g/mol. The first-order valence-corrected chi connectivity index (χ1v) is 9.00. The highest BCUT2D eigenvalue weighted by Gasteiger charge is 2.16. The molecule has 1 aromatic carbocycles. The van der Waals surface area contributed by atoms with Crippen molar-refractivity contribution >= 4 is 11.6 Å². The third kappa shape index (κ3) is 4.46. The first-order chi connectivity index (χ1) is 12.8. The second-order valence-electron chi connectivity index (χ2n) is 7.03. The molecule has 0 saturated heterocycles. The van der Waals surface area contributed by atoms with Gasteiger partial charge in [0.15, 0.2) is 0 Å². The summed E-state index contributed by atoms with van der Waals surface area (Å²) < 4.78 is 7.43. The van der Waals surface area contributed by atoms with Crippen LogP contribution in [0.5, 0.6) is 0 Å². The zero-order chi connectivity index (χ0) is 19.6. The Balaban J connectivity index is 1.68. The predicted octanol–water partition coefficient (Wildman–Crippen LogP) is 3.77. The molecule has 6 heteroatoms. The molecule has 0 aliphatic rings. The van der Waals surface area contributed by atoms with Gasteiger partial charge in [0, 0.05) is 0 Å². The largest absolute Gasteiger partial charge is 0.465 e. The summed E-state index contributed by atoms with van der Waals surface area (Å²) in [6.45, 7) is 8.69. The molecule has 0 saturated carbocycles. The Bertz CT molecular complexity index is 938. The van der Waals surface area contributed by atoms with E-state index in [1.165, 1.54) is 5.56 Å². The Hall–Kier alpha value is -2.86. The molecule has 3 rings (SSSR count). The van der Waals surface area contributed by atoms with Crippen molar-refractivity contribution in [3.05, 3.63) is 64.9 Å². The lowest BCUT2D eigenvalue weighted by atomic mass is 10.2. The van der Waals surface area contributed by atoms with Gasteiger partial charge < -0.3 is 9.73 Å². The number of aryl methyl sites for hydroxylation is 3. The molecule has 0 aliphatic carbocycles. The fraction of sp³-hybridized carbons (Fsp3) is 0.333. The maximum Gasteiger partial charge on any atom is 0.238 e. The summed E-state index contributed by atoms with van der Waals surface area (Å²) >= 11 is 0. The van der Waals surface area contributed by atoms with Crippen LogP contribution in [0.25, 0.3) is 5.69 Å². The number of anilines is 1. The van der Waals surface area contributed by atoms with Crippen LogP contribution in [0.15, 0.2) is 40.8 Å². The first kappa shape index (κ1) is 18.9. The van der Waals surface area contributed by atoms with E-state index in [-0.39, 0.29) is 12.5 Å². The maximum absolute atomic E-state index is 12.5. The van der Waals surface area contributed by atoms with Crippen LogP contribution in [-0.2, 0) is 11.3 Å². The number of rotatable bonds is 6. The smallest absolute Gasteiger partial charge is 0.238 e. The van der Waals surface area contributed by atoms with Crippen molar-refractivity contribution in [1.29, 1.82) is 0 Å². The minimum Gasteiger partial charge on any atom is -0.465 e. The molecule has 0 aliphatic heterocycles. The van der Waals surface area contributed by atoms with Crippen molar-refractivity contribution in [2.45, 2.75) is 34.2 Å². The number of hydrogen-bond acceptors (Lipinski definition) is 4. The van der Waals surface area contributed by atoms with Crippen LogP contribution in [0.1, 0.15) is 28.5 Å². The van der Waals surface area contributed by atoms with Crippen LogP contribution in [0, 0.1) is 27.7 Å². The maximum atomic E-state index is 12.5. The van der Waals surface area contributed by atoms with Gasteiger partial charge in [-0.05, 0) is 59.0 Å². The number of carbonyl (C=O) groups is 1. The lowest BCUT2D eigenvalue weighted by Gasteiger charge is -2.15. The molecule has 2 heterocycles. The second-order valence-corrected chi connectivity index (χ2v) is 7.03. The normalized spacial score (nSPS) is 11.2. The number of nitrogens with one attached hydrogen (secondary N) is 1. The Morgan fingerprint density at radius 3 is 2.44 bits per heavy atom. The molecule has 0 unspecified atom stereocenters. The van der Waals surface area contributed by atoms with Gasteiger partial charge in [-0.2, -0.15) is 5.10 Å². The number of furan rings is 1. The highest BCUT2D eigenvalue weighted by atomic mass is 16.3. The molecule has 0 spiro atoms. The SMILES string of the molecule is Cc1ccc(-n2nc(C)c(NC(=O)CN(C)Cc3ccc(C)o3)c2C)cc1. The van der Waals surface area contributed by atoms with E-state index in [1.807, 2.05) is 61.7 Å². The zero-order valence-electron chi connectivity index (χ0n) is 16.5. The van der Waals surface area contributed by atoms with Gasteiger partial charge in [-0.3, -0.25) is 9.69 Å². The van der Waals surface area contributed by atoms with Gasteiger partial charge in [-0.25, -0.2) is 4.68 Å². The molecule has 0 atom stereocenters. The zero-order valence-corrected chi connectivity index (χ0v) is 16.5. The second kappa shape index (κ2) is 7.80. The number of benzene rings is 1. The fourth-order valence-corrected chi connectivity index (χ4v) is 3.08. The van der Waals surface area contributed by atoms with E-state index in [4.69, 9.17) is 4.42 Å². The van der Waals surface area contributed by atoms with E-state index in [0.29, 0.717) is 6.54 Å². The van der Waals surface area contributed by atoms with Gasteiger partial charge in [-0.15, -0.1) is 0 Å². The molecule has 2 aromatic heterocycles. The summed E-state index contributed by atoms with van der Waals surface area (Å²) in [6.07, 6.45) is 0. The van der Waals surface area contributed by atoms with Gasteiger partial charge in [0.25, 0.3) is 0 Å². The Morgan fingerprint density at radius 1 is 1.11 bits per heavy atom. The van der Waals surface area contributed by atoms with Crippen molar-refractivity contribution in [1.82, 2.24) is 14.7 Å². The third-order valence-electron chi connectivity index (χ3n) is 4.47. The van der Waals surface area contributed by atoms with Crippen molar-refractivity contribution in [2.75, 3.05) is 18.9 Å². The average Bonchev–Trinajstić information content (AvgIpc) is 3.13. The van der Waals surface area contributed by atoms with Crippen LogP contribution in [0.2, 0.25) is 0 Å². The molecular weight excluding hydrogens is 340 g/mol. The first-order valence-electron chi connectivity index (χ1n) is 9.00. The third-order valence-corrected chi connectivity index (χ3v) is 4.47. The lowest BCUT2D eigenvalue weighted by molar-refractivity contribution is -0.117. The molecule has 0 bridgehead atoms. The number of amides is 1. The van der Waals surface area contributed by atoms with Crippen LogP contribution in [-0.4, -0.2) is 34.2 Å². The molecule has 0 fully saturated rings. The van der Waals surface area contributed by atoms with E-state index >= 15 is 0 Å². The van der Waals surface area contributed by atoms with Crippen LogP contribution in [0.3, 0.4) is 0 Å². The Kier molecular flexibility index (Phi) is 5.46. The minimum absolute atomic E-state index is 0.0737. The van der Waals surface area contributed by atoms with Gasteiger partial charge in [0.2, 0.25) is 5.91 Å². The van der Waals surface area contributed by atoms with Crippen LogP contribution >= 0.6 is 0 Å². The minimum atomic E-state index is -0.0737. The molecule has 1 amide bonds. The van der Waals surface area contributed by atoms with Gasteiger partial charge in [0.1, 0.15) is 11.5 Å². The van der Waals surface area contributed by atoms with E-state index in [9.17, 15) is 4.79 Å².